The summed E-state index contributed by atoms with van der Waals surface area (Å²) >= 11 is 11.4. The largest absolute Gasteiger partial charge is 0.484 e. The summed E-state index contributed by atoms with van der Waals surface area (Å²) in [7, 11) is 0. The van der Waals surface area contributed by atoms with E-state index >= 15 is 0 Å². The van der Waals surface area contributed by atoms with Gasteiger partial charge in [-0.05, 0) is 53.8 Å². The molecule has 0 radical (unpaired) electrons. The molecule has 0 atom stereocenters. The molecule has 0 unspecified atom stereocenters. The maximum atomic E-state index is 11.0. The molecule has 0 bridgehead atoms. The van der Waals surface area contributed by atoms with Gasteiger partial charge in [-0.15, -0.1) is 0 Å². The summed E-state index contributed by atoms with van der Waals surface area (Å²) in [6.07, 6.45) is 1.31. The number of halogens is 2. The van der Waals surface area contributed by atoms with Gasteiger partial charge in [0, 0.05) is 12.1 Å². The zero-order valence-electron chi connectivity index (χ0n) is 14.3. The lowest BCUT2D eigenvalue weighted by Gasteiger charge is -2.16. The first kappa shape index (κ1) is 20.0. The Kier molecular flexibility index (Phi) is 6.83. The highest BCUT2D eigenvalue weighted by Crippen LogP contribution is 2.36. The normalized spacial score (nSPS) is 10.5. The number of carbonyl (C=O) groups is 1. The second kappa shape index (κ2) is 8.87. The van der Waals surface area contributed by atoms with E-state index in [4.69, 9.17) is 32.7 Å². The number of carbonyl (C=O) groups excluding carboxylic acids is 1. The van der Waals surface area contributed by atoms with Crippen molar-refractivity contribution in [2.24, 2.45) is 0 Å². The Morgan fingerprint density at radius 3 is 2.23 bits per heavy atom. The van der Waals surface area contributed by atoms with E-state index in [9.17, 15) is 14.9 Å². The number of nitro groups is 1. The number of non-ortho nitro benzene ring substituents is 1. The fourth-order valence-corrected chi connectivity index (χ4v) is 2.70. The topological polar surface area (TPSA) is 78.7 Å². The predicted octanol–water partition coefficient (Wildman–Crippen LogP) is 5.31. The van der Waals surface area contributed by atoms with Crippen molar-refractivity contribution >= 4 is 34.1 Å². The van der Waals surface area contributed by atoms with Gasteiger partial charge in [0.25, 0.3) is 10.9 Å². The van der Waals surface area contributed by atoms with Crippen molar-refractivity contribution in [2.75, 3.05) is 6.61 Å². The number of benzene rings is 2. The molecule has 0 heterocycles. The Hall–Kier alpha value is -2.31. The Balaban J connectivity index is 2.35. The molecule has 138 valence electrons. The Labute approximate surface area is 160 Å². The van der Waals surface area contributed by atoms with Gasteiger partial charge in [-0.2, -0.15) is 0 Å². The van der Waals surface area contributed by atoms with E-state index in [2.05, 4.69) is 0 Å². The van der Waals surface area contributed by atoms with Crippen molar-refractivity contribution in [3.63, 3.8) is 0 Å². The van der Waals surface area contributed by atoms with Gasteiger partial charge in [-0.1, -0.05) is 25.4 Å². The third-order valence-electron chi connectivity index (χ3n) is 3.66. The molecule has 0 amide bonds. The molecular formula is C18H17Cl2NO5. The first-order chi connectivity index (χ1) is 12.3. The number of aryl methyl sites for hydroxylation is 2. The third kappa shape index (κ3) is 4.86. The van der Waals surface area contributed by atoms with Crippen LogP contribution in [-0.4, -0.2) is 16.8 Å². The third-order valence-corrected chi connectivity index (χ3v) is 4.07. The zero-order valence-corrected chi connectivity index (χ0v) is 15.8. The number of hydrogen-bond donors (Lipinski definition) is 0. The number of nitro benzene ring substituents is 1. The maximum Gasteiger partial charge on any atom is 0.271 e. The maximum absolute atomic E-state index is 11.0. The van der Waals surface area contributed by atoms with Gasteiger partial charge in [0.15, 0.2) is 6.61 Å². The highest BCUT2D eigenvalue weighted by atomic mass is 35.5. The average Bonchev–Trinajstić information content (AvgIpc) is 2.61. The lowest BCUT2D eigenvalue weighted by molar-refractivity contribution is -0.384. The van der Waals surface area contributed by atoms with Crippen LogP contribution in [-0.2, 0) is 17.6 Å². The van der Waals surface area contributed by atoms with Crippen LogP contribution in [0, 0.1) is 10.1 Å². The molecule has 0 saturated heterocycles. The van der Waals surface area contributed by atoms with Crippen molar-refractivity contribution < 1.29 is 19.2 Å². The molecule has 0 aliphatic carbocycles. The van der Waals surface area contributed by atoms with E-state index < -0.39 is 10.2 Å². The quantitative estimate of drug-likeness (QED) is 0.342. The van der Waals surface area contributed by atoms with Gasteiger partial charge in [0.05, 0.1) is 9.95 Å². The summed E-state index contributed by atoms with van der Waals surface area (Å²) < 4.78 is 11.4. The molecule has 0 aliphatic heterocycles. The Bertz CT molecular complexity index is 813. The van der Waals surface area contributed by atoms with E-state index in [1.165, 1.54) is 18.2 Å². The fraction of sp³-hybridized carbons (Fsp3) is 0.278. The minimum atomic E-state index is -0.577. The van der Waals surface area contributed by atoms with Crippen LogP contribution in [0.5, 0.6) is 17.2 Å². The van der Waals surface area contributed by atoms with Gasteiger partial charge >= 0.3 is 0 Å². The van der Waals surface area contributed by atoms with E-state index in [0.29, 0.717) is 30.1 Å². The Morgan fingerprint density at radius 1 is 1.15 bits per heavy atom. The van der Waals surface area contributed by atoms with Crippen molar-refractivity contribution in [2.45, 2.75) is 26.7 Å². The molecule has 2 rings (SSSR count). The van der Waals surface area contributed by atoms with E-state index in [1.807, 2.05) is 13.8 Å². The van der Waals surface area contributed by atoms with Crippen molar-refractivity contribution in [1.29, 1.82) is 0 Å². The Morgan fingerprint density at radius 2 is 1.77 bits per heavy atom. The first-order valence-electron chi connectivity index (χ1n) is 7.94. The van der Waals surface area contributed by atoms with Crippen LogP contribution in [0.1, 0.15) is 25.0 Å². The molecule has 0 fully saturated rings. The smallest absolute Gasteiger partial charge is 0.271 e. The van der Waals surface area contributed by atoms with Crippen LogP contribution in [0.25, 0.3) is 0 Å². The SMILES string of the molecule is CCc1cc(Oc2ccc([N+](=O)[O-])cc2Cl)cc(CC)c1OCC(=O)Cl. The van der Waals surface area contributed by atoms with Crippen LogP contribution in [0.4, 0.5) is 5.69 Å². The second-order valence-corrected chi connectivity index (χ2v) is 6.22. The summed E-state index contributed by atoms with van der Waals surface area (Å²) in [6.45, 7) is 3.69. The lowest BCUT2D eigenvalue weighted by atomic mass is 10.0. The average molecular weight is 398 g/mol. The van der Waals surface area contributed by atoms with Crippen LogP contribution >= 0.6 is 23.2 Å². The lowest BCUT2D eigenvalue weighted by Crippen LogP contribution is -2.08. The molecule has 2 aromatic carbocycles. The van der Waals surface area contributed by atoms with Gasteiger partial charge in [0.2, 0.25) is 0 Å². The summed E-state index contributed by atoms with van der Waals surface area (Å²) in [5.41, 5.74) is 1.60. The molecular weight excluding hydrogens is 381 g/mol. The highest BCUT2D eigenvalue weighted by Gasteiger charge is 2.15. The number of ether oxygens (including phenoxy) is 2. The summed E-state index contributed by atoms with van der Waals surface area (Å²) in [4.78, 5) is 21.3. The standard InChI is InChI=1S/C18H17Cl2NO5/c1-3-11-7-14(8-12(4-2)18(11)25-10-17(20)22)26-16-6-5-13(21(23)24)9-15(16)19/h5-9H,3-4,10H2,1-2H3. The molecule has 26 heavy (non-hydrogen) atoms. The van der Waals surface area contributed by atoms with Crippen molar-refractivity contribution in [3.05, 3.63) is 56.6 Å². The van der Waals surface area contributed by atoms with Gasteiger partial charge in [0.1, 0.15) is 17.2 Å². The molecule has 0 aromatic heterocycles. The van der Waals surface area contributed by atoms with E-state index in [-0.39, 0.29) is 17.3 Å². The molecule has 6 nitrogen and oxygen atoms in total. The number of hydrogen-bond acceptors (Lipinski definition) is 5. The van der Waals surface area contributed by atoms with Gasteiger partial charge in [-0.25, -0.2) is 0 Å². The van der Waals surface area contributed by atoms with Crippen LogP contribution < -0.4 is 9.47 Å². The van der Waals surface area contributed by atoms with Crippen LogP contribution in [0.2, 0.25) is 5.02 Å². The highest BCUT2D eigenvalue weighted by molar-refractivity contribution is 6.63. The first-order valence-corrected chi connectivity index (χ1v) is 8.70. The van der Waals surface area contributed by atoms with Crippen molar-refractivity contribution in [1.82, 2.24) is 0 Å². The molecule has 0 saturated carbocycles. The van der Waals surface area contributed by atoms with Crippen molar-refractivity contribution in [3.8, 4) is 17.2 Å². The fourth-order valence-electron chi connectivity index (χ4n) is 2.43. The minimum Gasteiger partial charge on any atom is -0.484 e. The monoisotopic (exact) mass is 397 g/mol. The van der Waals surface area contributed by atoms with Gasteiger partial charge in [-0.3, -0.25) is 14.9 Å². The summed E-state index contributed by atoms with van der Waals surface area (Å²) in [6, 6.07) is 7.58. The molecule has 0 N–H and O–H groups in total. The molecule has 8 heteroatoms. The van der Waals surface area contributed by atoms with Crippen LogP contribution in [0.3, 0.4) is 0 Å². The number of nitrogens with zero attached hydrogens (tertiary/aromatic N) is 1. The number of rotatable bonds is 8. The molecule has 0 spiro atoms. The van der Waals surface area contributed by atoms with Gasteiger partial charge < -0.3 is 9.47 Å². The summed E-state index contributed by atoms with van der Waals surface area (Å²) in [5.74, 6) is 1.45. The minimum absolute atomic E-state index is 0.111. The molecule has 2 aromatic rings. The van der Waals surface area contributed by atoms with Crippen LogP contribution in [0.15, 0.2) is 30.3 Å². The summed E-state index contributed by atoms with van der Waals surface area (Å²) in [5, 5.41) is 10.4. The van der Waals surface area contributed by atoms with E-state index in [1.54, 1.807) is 12.1 Å². The predicted molar refractivity (Wildman–Crippen MR) is 99.7 cm³/mol. The second-order valence-electron chi connectivity index (χ2n) is 5.40. The zero-order chi connectivity index (χ0) is 19.3. The van der Waals surface area contributed by atoms with E-state index in [0.717, 1.165) is 11.1 Å². The molecule has 0 aliphatic rings.